The van der Waals surface area contributed by atoms with Crippen molar-refractivity contribution in [3.63, 3.8) is 0 Å². The molecule has 0 aliphatic rings. The molecule has 1 unspecified atom stereocenters. The Bertz CT molecular complexity index is 1260. The van der Waals surface area contributed by atoms with Crippen molar-refractivity contribution in [3.05, 3.63) is 24.3 Å². The summed E-state index contributed by atoms with van der Waals surface area (Å²) < 4.78 is 16.9. The maximum atomic E-state index is 12.9. The number of esters is 3. The number of ether oxygens (including phenoxy) is 3. The van der Waals surface area contributed by atoms with Crippen molar-refractivity contribution in [3.8, 4) is 0 Å². The minimum Gasteiger partial charge on any atom is -0.462 e. The predicted molar refractivity (Wildman–Crippen MR) is 340 cm³/mol. The second kappa shape index (κ2) is 67.4. The van der Waals surface area contributed by atoms with Crippen LogP contribution < -0.4 is 0 Å². The molecule has 0 aliphatic heterocycles. The van der Waals surface area contributed by atoms with Gasteiger partial charge in [-0.25, -0.2) is 0 Å². The van der Waals surface area contributed by atoms with E-state index in [-0.39, 0.29) is 31.1 Å². The smallest absolute Gasteiger partial charge is 0.306 e. The molecule has 78 heavy (non-hydrogen) atoms. The molecule has 0 aliphatic carbocycles. The monoisotopic (exact) mass is 1100 g/mol. The molecule has 0 heterocycles. The maximum absolute atomic E-state index is 12.9. The van der Waals surface area contributed by atoms with Gasteiger partial charge in [0.15, 0.2) is 6.10 Å². The summed E-state index contributed by atoms with van der Waals surface area (Å²) in [6, 6.07) is 0. The van der Waals surface area contributed by atoms with Crippen LogP contribution in [-0.2, 0) is 28.6 Å². The van der Waals surface area contributed by atoms with Gasteiger partial charge in [-0.3, -0.25) is 14.4 Å². The number of carbonyl (C=O) groups excluding carboxylic acids is 3. The first-order valence-corrected chi connectivity index (χ1v) is 35.3. The summed E-state index contributed by atoms with van der Waals surface area (Å²) in [7, 11) is 0. The van der Waals surface area contributed by atoms with Crippen LogP contribution in [0.1, 0.15) is 400 Å². The molecule has 0 radical (unpaired) electrons. The van der Waals surface area contributed by atoms with Crippen LogP contribution in [-0.4, -0.2) is 37.2 Å². The first kappa shape index (κ1) is 75.9. The minimum absolute atomic E-state index is 0.0633. The van der Waals surface area contributed by atoms with Crippen LogP contribution in [0.15, 0.2) is 24.3 Å². The zero-order valence-corrected chi connectivity index (χ0v) is 53.0. The Labute approximate surface area is 487 Å². The highest BCUT2D eigenvalue weighted by atomic mass is 16.6. The van der Waals surface area contributed by atoms with Crippen LogP contribution in [0.2, 0.25) is 0 Å². The van der Waals surface area contributed by atoms with Crippen molar-refractivity contribution in [2.75, 3.05) is 13.2 Å². The molecule has 0 amide bonds. The molecule has 0 bridgehead atoms. The number of carbonyl (C=O) groups is 3. The molecule has 0 aromatic rings. The molecule has 460 valence electrons. The van der Waals surface area contributed by atoms with Crippen molar-refractivity contribution in [1.82, 2.24) is 0 Å². The Morgan fingerprint density at radius 2 is 0.462 bits per heavy atom. The fourth-order valence-corrected chi connectivity index (χ4v) is 10.9. The third-order valence-electron chi connectivity index (χ3n) is 16.2. The van der Waals surface area contributed by atoms with E-state index in [0.29, 0.717) is 19.3 Å². The topological polar surface area (TPSA) is 78.9 Å². The van der Waals surface area contributed by atoms with E-state index in [4.69, 9.17) is 14.2 Å². The average molecular weight is 1100 g/mol. The van der Waals surface area contributed by atoms with E-state index in [2.05, 4.69) is 45.1 Å². The molecule has 6 heteroatoms. The lowest BCUT2D eigenvalue weighted by Gasteiger charge is -2.18. The summed E-state index contributed by atoms with van der Waals surface area (Å²) in [6.07, 6.45) is 82.3. The summed E-state index contributed by atoms with van der Waals surface area (Å²) in [5.41, 5.74) is 0. The third-order valence-corrected chi connectivity index (χ3v) is 16.2. The van der Waals surface area contributed by atoms with E-state index in [0.717, 1.165) is 64.2 Å². The molecule has 0 saturated carbocycles. The summed E-state index contributed by atoms with van der Waals surface area (Å²) in [5.74, 6) is -0.835. The molecular formula is C72H136O6. The van der Waals surface area contributed by atoms with Gasteiger partial charge in [0.2, 0.25) is 0 Å². The first-order chi connectivity index (χ1) is 38.5. The van der Waals surface area contributed by atoms with E-state index in [1.54, 1.807) is 0 Å². The van der Waals surface area contributed by atoms with Crippen molar-refractivity contribution >= 4 is 17.9 Å². The first-order valence-electron chi connectivity index (χ1n) is 35.3. The lowest BCUT2D eigenvalue weighted by Crippen LogP contribution is -2.30. The van der Waals surface area contributed by atoms with Crippen LogP contribution in [0.3, 0.4) is 0 Å². The molecule has 0 saturated heterocycles. The van der Waals surface area contributed by atoms with Crippen LogP contribution >= 0.6 is 0 Å². The Morgan fingerprint density at radius 1 is 0.256 bits per heavy atom. The van der Waals surface area contributed by atoms with Gasteiger partial charge in [-0.2, -0.15) is 0 Å². The number of unbranched alkanes of at least 4 members (excludes halogenated alkanes) is 51. The van der Waals surface area contributed by atoms with Crippen molar-refractivity contribution in [2.24, 2.45) is 0 Å². The predicted octanol–water partition coefficient (Wildman–Crippen LogP) is 24.2. The molecule has 0 aromatic heterocycles. The van der Waals surface area contributed by atoms with Gasteiger partial charge in [-0.1, -0.05) is 353 Å². The van der Waals surface area contributed by atoms with Gasteiger partial charge < -0.3 is 14.2 Å². The number of hydrogen-bond acceptors (Lipinski definition) is 6. The normalized spacial score (nSPS) is 12.1. The van der Waals surface area contributed by atoms with E-state index in [1.807, 2.05) is 0 Å². The zero-order valence-electron chi connectivity index (χ0n) is 53.0. The van der Waals surface area contributed by atoms with E-state index >= 15 is 0 Å². The quantitative estimate of drug-likeness (QED) is 0.0261. The minimum atomic E-state index is -0.764. The van der Waals surface area contributed by atoms with Gasteiger partial charge in [-0.15, -0.1) is 0 Å². The fourth-order valence-electron chi connectivity index (χ4n) is 10.9. The largest absolute Gasteiger partial charge is 0.462 e. The van der Waals surface area contributed by atoms with E-state index in [9.17, 15) is 14.4 Å². The summed E-state index contributed by atoms with van der Waals surface area (Å²) in [5, 5.41) is 0. The summed E-state index contributed by atoms with van der Waals surface area (Å²) >= 11 is 0. The fraction of sp³-hybridized carbons (Fsp3) is 0.903. The molecular weight excluding hydrogens is 961 g/mol. The van der Waals surface area contributed by atoms with Crippen LogP contribution in [0, 0.1) is 0 Å². The molecule has 0 spiro atoms. The van der Waals surface area contributed by atoms with Crippen molar-refractivity contribution in [2.45, 2.75) is 406 Å². The third kappa shape index (κ3) is 64.7. The molecule has 0 aromatic carbocycles. The number of hydrogen-bond donors (Lipinski definition) is 0. The number of rotatable bonds is 66. The van der Waals surface area contributed by atoms with Gasteiger partial charge in [-0.05, 0) is 51.4 Å². The standard InChI is InChI=1S/C72H136O6/c1-4-7-10-13-16-19-21-23-25-27-29-30-31-32-33-34-35-36-37-38-39-40-41-42-43-45-46-48-50-53-56-59-62-65-71(74)77-68-69(67-76-70(73)64-61-58-55-52-18-15-12-9-6-3)78-72(75)66-63-60-57-54-51-49-47-44-28-26-24-22-20-17-14-11-8-5-2/h21,23,27,29,69H,4-20,22,24-26,28,30-68H2,1-3H3/b23-21-,29-27-. The van der Waals surface area contributed by atoms with Crippen LogP contribution in [0.5, 0.6) is 0 Å². The van der Waals surface area contributed by atoms with Crippen LogP contribution in [0.25, 0.3) is 0 Å². The molecule has 1 atom stereocenters. The van der Waals surface area contributed by atoms with E-state index in [1.165, 1.54) is 295 Å². The SMILES string of the molecule is CCCCCCC/C=C\C/C=C\CCCCCCCCCCCCCCCCCCCCCCCC(=O)OCC(COC(=O)CCCCCCCCCCC)OC(=O)CCCCCCCCCCCCCCCCCCCC. The highest BCUT2D eigenvalue weighted by molar-refractivity contribution is 5.71. The molecule has 6 nitrogen and oxygen atoms in total. The highest BCUT2D eigenvalue weighted by Gasteiger charge is 2.19. The molecule has 0 rings (SSSR count). The lowest BCUT2D eigenvalue weighted by atomic mass is 10.0. The Hall–Kier alpha value is -2.11. The summed E-state index contributed by atoms with van der Waals surface area (Å²) in [4.78, 5) is 38.2. The molecule has 0 N–H and O–H groups in total. The second-order valence-corrected chi connectivity index (χ2v) is 24.2. The van der Waals surface area contributed by atoms with Gasteiger partial charge in [0.25, 0.3) is 0 Å². The molecule has 0 fully saturated rings. The van der Waals surface area contributed by atoms with Gasteiger partial charge in [0.05, 0.1) is 0 Å². The Morgan fingerprint density at radius 3 is 0.705 bits per heavy atom. The van der Waals surface area contributed by atoms with Crippen molar-refractivity contribution in [1.29, 1.82) is 0 Å². The van der Waals surface area contributed by atoms with Crippen molar-refractivity contribution < 1.29 is 28.6 Å². The lowest BCUT2D eigenvalue weighted by molar-refractivity contribution is -0.167. The van der Waals surface area contributed by atoms with E-state index < -0.39 is 6.10 Å². The summed E-state index contributed by atoms with van der Waals surface area (Å²) in [6.45, 7) is 6.69. The highest BCUT2D eigenvalue weighted by Crippen LogP contribution is 2.19. The van der Waals surface area contributed by atoms with Gasteiger partial charge in [0, 0.05) is 19.3 Å². The maximum Gasteiger partial charge on any atom is 0.306 e. The number of allylic oxidation sites excluding steroid dienone is 4. The average Bonchev–Trinajstić information content (AvgIpc) is 3.44. The van der Waals surface area contributed by atoms with Gasteiger partial charge in [0.1, 0.15) is 13.2 Å². The Balaban J connectivity index is 4.01. The van der Waals surface area contributed by atoms with Gasteiger partial charge >= 0.3 is 17.9 Å². The second-order valence-electron chi connectivity index (χ2n) is 24.2. The van der Waals surface area contributed by atoms with Crippen LogP contribution in [0.4, 0.5) is 0 Å². The Kier molecular flexibility index (Phi) is 65.6. The zero-order chi connectivity index (χ0) is 56.4.